The van der Waals surface area contributed by atoms with Crippen molar-refractivity contribution in [1.82, 2.24) is 0 Å². The van der Waals surface area contributed by atoms with Crippen LogP contribution in [0.4, 0.5) is 52.7 Å². The van der Waals surface area contributed by atoms with Gasteiger partial charge in [-0.05, 0) is 184 Å². The number of hydrogen-bond acceptors (Lipinski definition) is 0. The van der Waals surface area contributed by atoms with Crippen molar-refractivity contribution in [3.63, 3.8) is 0 Å². The fourth-order valence-corrected chi connectivity index (χ4v) is 14.8. The molecule has 14 rings (SSSR count). The third-order valence-electron chi connectivity index (χ3n) is 17.2. The molecule has 8 saturated carbocycles. The third-order valence-corrected chi connectivity index (χ3v) is 17.2. The topological polar surface area (TPSA) is 0 Å². The predicted molar refractivity (Wildman–Crippen MR) is 272 cm³/mol. The summed E-state index contributed by atoms with van der Waals surface area (Å²) in [5.74, 6) is 7.83. The molecular formula is C58H58Cl2F12SiZr-4. The zero-order valence-electron chi connectivity index (χ0n) is 40.8. The summed E-state index contributed by atoms with van der Waals surface area (Å²) >= 11 is 1.36. The van der Waals surface area contributed by atoms with Gasteiger partial charge in [0.15, 0.2) is 0 Å². The second-order valence-corrected chi connectivity index (χ2v) is 21.5. The molecule has 0 heterocycles. The molecule has 6 aromatic rings. The van der Waals surface area contributed by atoms with E-state index in [1.165, 1.54) is 87.5 Å². The number of hydrogen-bond donors (Lipinski definition) is 0. The molecular weight excluding hydrogens is 1110 g/mol. The molecule has 0 unspecified atom stereocenters. The van der Waals surface area contributed by atoms with Crippen molar-refractivity contribution in [1.29, 1.82) is 0 Å². The van der Waals surface area contributed by atoms with Crippen LogP contribution in [0.1, 0.15) is 97.6 Å². The maximum atomic E-state index is 13.4. The first-order valence-electron chi connectivity index (χ1n) is 24.3. The molecule has 8 bridgehead atoms. The van der Waals surface area contributed by atoms with E-state index in [1.54, 1.807) is 24.3 Å². The summed E-state index contributed by atoms with van der Waals surface area (Å²) in [6.07, 6.45) is -4.27. The van der Waals surface area contributed by atoms with Gasteiger partial charge >= 0.3 is 54.9 Å². The first-order valence-corrected chi connectivity index (χ1v) is 28.5. The molecule has 400 valence electrons. The molecule has 6 aromatic carbocycles. The summed E-state index contributed by atoms with van der Waals surface area (Å²) in [5, 5.41) is 3.16. The van der Waals surface area contributed by atoms with Crippen molar-refractivity contribution < 1.29 is 76.0 Å². The van der Waals surface area contributed by atoms with Gasteiger partial charge in [-0.3, -0.25) is 0 Å². The molecule has 16 heteroatoms. The van der Waals surface area contributed by atoms with E-state index >= 15 is 0 Å². The van der Waals surface area contributed by atoms with Gasteiger partial charge in [-0.15, -0.1) is 93.9 Å². The predicted octanol–water partition coefficient (Wildman–Crippen LogP) is 19.1. The van der Waals surface area contributed by atoms with Crippen molar-refractivity contribution in [3.05, 3.63) is 145 Å². The Morgan fingerprint density at radius 2 is 0.676 bits per heavy atom. The van der Waals surface area contributed by atoms with E-state index < -0.39 is 47.0 Å². The van der Waals surface area contributed by atoms with E-state index in [2.05, 4.69) is 19.0 Å². The molecule has 0 nitrogen and oxygen atoms in total. The Morgan fingerprint density at radius 3 is 0.932 bits per heavy atom. The van der Waals surface area contributed by atoms with Crippen molar-refractivity contribution in [2.45, 2.75) is 102 Å². The van der Waals surface area contributed by atoms with Gasteiger partial charge in [0, 0.05) is 0 Å². The molecule has 8 fully saturated rings. The first-order chi connectivity index (χ1) is 33.1. The van der Waals surface area contributed by atoms with Crippen LogP contribution in [0.2, 0.25) is 0 Å². The van der Waals surface area contributed by atoms with Gasteiger partial charge in [0.1, 0.15) is 0 Å². The maximum absolute atomic E-state index is 13.4. The van der Waals surface area contributed by atoms with E-state index in [-0.39, 0.29) is 62.9 Å². The molecule has 2 radical (unpaired) electrons. The van der Waals surface area contributed by atoms with Crippen LogP contribution in [0.5, 0.6) is 0 Å². The van der Waals surface area contributed by atoms with Crippen LogP contribution < -0.4 is 0 Å². The molecule has 0 amide bonds. The minimum atomic E-state index is -4.86. The van der Waals surface area contributed by atoms with Gasteiger partial charge in [0.2, 0.25) is 0 Å². The van der Waals surface area contributed by atoms with Gasteiger partial charge in [0.05, 0.1) is 22.3 Å². The average Bonchev–Trinajstić information content (AvgIpc) is 3.91. The Kier molecular flexibility index (Phi) is 18.5. The minimum absolute atomic E-state index is 0. The second kappa shape index (κ2) is 22.7. The fraction of sp³-hybridized carbons (Fsp3) is 0.448. The molecule has 8 aliphatic rings. The van der Waals surface area contributed by atoms with Crippen molar-refractivity contribution in [2.75, 3.05) is 0 Å². The van der Waals surface area contributed by atoms with Crippen molar-refractivity contribution in [3.8, 4) is 22.3 Å². The van der Waals surface area contributed by atoms with E-state index in [1.807, 2.05) is 24.3 Å². The number of rotatable bonds is 6. The van der Waals surface area contributed by atoms with Crippen LogP contribution in [0.3, 0.4) is 0 Å². The molecule has 0 N–H and O–H groups in total. The Bertz CT molecular complexity index is 2580. The van der Waals surface area contributed by atoms with Gasteiger partial charge < -0.3 is 14.9 Å². The van der Waals surface area contributed by atoms with E-state index in [0.29, 0.717) is 33.7 Å². The van der Waals surface area contributed by atoms with Gasteiger partial charge in [-0.1, -0.05) is 23.3 Å². The molecule has 0 aromatic heterocycles. The Balaban J connectivity index is 0.000000222. The van der Waals surface area contributed by atoms with E-state index in [4.69, 9.17) is 0 Å². The molecule has 0 spiro atoms. The molecule has 0 atom stereocenters. The molecule has 74 heavy (non-hydrogen) atoms. The standard InChI is InChI=1S/2C28H25F6.2CH3.2ClH.Si.Zr/c2*29-27(30,31)22-12-21(13-23(14-22)28(32,33)34)24-3-1-2-18-5-17(11-26(18)24)10-25-19-6-15-4-16(8-19)9-20(25)7-15;;;;;;/h2*1-3,5,11-16,19-20,25H,4,6-10H2;2*1H3;2*1H;;/q4*-1;;;;. The number of benzene rings is 4. The molecule has 0 aliphatic heterocycles. The zero-order chi connectivity index (χ0) is 49.7. The molecule has 8 aliphatic carbocycles. The SMILES string of the molecule is Cl.Cl.FC(F)(F)c1cc(-c2cccc3[cH-]c(CC4C5CC6CC(C5)CC4C6)cc23)cc(C(F)(F)F)c1.FC(F)(F)c1cc(-c2cccc3[cH-]c(CC4C5CC6CC(C5)CC4C6)cc23)cc(C(F)(F)F)c1.[CH3-].[CH3-].[Si]=[Zr]. The second-order valence-electron chi connectivity index (χ2n) is 21.5. The first kappa shape index (κ1) is 60.2. The Labute approximate surface area is 455 Å². The van der Waals surface area contributed by atoms with Gasteiger partial charge in [0.25, 0.3) is 0 Å². The van der Waals surface area contributed by atoms with E-state index in [0.717, 1.165) is 106 Å². The normalized spacial score (nSPS) is 26.4. The number of alkyl halides is 12. The monoisotopic (exact) mass is 1170 g/mol. The Morgan fingerprint density at radius 1 is 0.405 bits per heavy atom. The summed E-state index contributed by atoms with van der Waals surface area (Å²) in [6, 6.07) is 22.2. The van der Waals surface area contributed by atoms with Gasteiger partial charge in [-0.2, -0.15) is 64.8 Å². The van der Waals surface area contributed by atoms with Crippen LogP contribution in [-0.2, 0) is 60.9 Å². The summed E-state index contributed by atoms with van der Waals surface area (Å²) in [7, 11) is 0. The number of fused-ring (bicyclic) bond motifs is 2. The summed E-state index contributed by atoms with van der Waals surface area (Å²) in [4.78, 5) is 0. The number of halogens is 14. The summed E-state index contributed by atoms with van der Waals surface area (Å²) < 4.78 is 161. The average molecular weight is 1170 g/mol. The summed E-state index contributed by atoms with van der Waals surface area (Å²) in [5.41, 5.74) is -2.14. The van der Waals surface area contributed by atoms with Gasteiger partial charge in [-0.25, -0.2) is 0 Å². The van der Waals surface area contributed by atoms with Crippen LogP contribution in [-0.4, -0.2) is 6.88 Å². The Hall–Kier alpha value is -3.06. The van der Waals surface area contributed by atoms with E-state index in [9.17, 15) is 52.7 Å². The fourth-order valence-electron chi connectivity index (χ4n) is 14.8. The van der Waals surface area contributed by atoms with Crippen molar-refractivity contribution >= 4 is 53.2 Å². The van der Waals surface area contributed by atoms with Crippen LogP contribution in [0, 0.1) is 74.0 Å². The van der Waals surface area contributed by atoms with Crippen LogP contribution >= 0.6 is 24.8 Å². The van der Waals surface area contributed by atoms with Crippen LogP contribution in [0.25, 0.3) is 43.8 Å². The molecule has 0 saturated heterocycles. The third kappa shape index (κ3) is 12.3. The van der Waals surface area contributed by atoms with Crippen LogP contribution in [0.15, 0.2) is 97.1 Å². The zero-order valence-corrected chi connectivity index (χ0v) is 45.9. The quantitative estimate of drug-likeness (QED) is 0.0886. The summed E-state index contributed by atoms with van der Waals surface area (Å²) in [6.45, 7) is 3.06. The van der Waals surface area contributed by atoms with Crippen molar-refractivity contribution in [2.24, 2.45) is 59.2 Å².